The third-order valence-corrected chi connectivity index (χ3v) is 5.68. The first-order chi connectivity index (χ1) is 16.4. The van der Waals surface area contributed by atoms with Gasteiger partial charge >= 0.3 is 6.03 Å². The SMILES string of the molecule is O=C(NCC[C@@H]1CC[C@H](NC(=O)c2ccc3c(c2)OCO3)[C@@H](CO)O1)Nc1cc(F)ccc1F. The van der Waals surface area contributed by atoms with Crippen molar-refractivity contribution in [3.8, 4) is 11.5 Å². The quantitative estimate of drug-likeness (QED) is 0.487. The summed E-state index contributed by atoms with van der Waals surface area (Å²) in [6, 6.07) is 6.63. The Kier molecular flexibility index (Phi) is 7.43. The first-order valence-electron chi connectivity index (χ1n) is 10.9. The van der Waals surface area contributed by atoms with Crippen LogP contribution in [-0.4, -0.2) is 55.2 Å². The minimum atomic E-state index is -0.744. The summed E-state index contributed by atoms with van der Waals surface area (Å²) in [7, 11) is 0. The lowest BCUT2D eigenvalue weighted by Gasteiger charge is -2.36. The number of anilines is 1. The van der Waals surface area contributed by atoms with Crippen molar-refractivity contribution in [2.45, 2.75) is 37.5 Å². The average molecular weight is 477 g/mol. The minimum absolute atomic E-state index is 0.114. The fraction of sp³-hybridized carbons (Fsp3) is 0.391. The van der Waals surface area contributed by atoms with Gasteiger partial charge in [0.1, 0.15) is 17.7 Å². The van der Waals surface area contributed by atoms with E-state index < -0.39 is 23.8 Å². The van der Waals surface area contributed by atoms with Gasteiger partial charge in [0.2, 0.25) is 6.79 Å². The van der Waals surface area contributed by atoms with E-state index in [1.54, 1.807) is 18.2 Å². The molecule has 0 spiro atoms. The van der Waals surface area contributed by atoms with E-state index in [9.17, 15) is 23.5 Å². The molecule has 0 aromatic heterocycles. The zero-order valence-electron chi connectivity index (χ0n) is 18.2. The van der Waals surface area contributed by atoms with Crippen LogP contribution in [0.2, 0.25) is 0 Å². The van der Waals surface area contributed by atoms with E-state index >= 15 is 0 Å². The Morgan fingerprint density at radius 1 is 1.06 bits per heavy atom. The van der Waals surface area contributed by atoms with Crippen molar-refractivity contribution in [1.82, 2.24) is 10.6 Å². The lowest BCUT2D eigenvalue weighted by molar-refractivity contribution is -0.0892. The Hall–Kier alpha value is -3.44. The van der Waals surface area contributed by atoms with Gasteiger partial charge in [0.15, 0.2) is 11.5 Å². The summed E-state index contributed by atoms with van der Waals surface area (Å²) in [4.78, 5) is 24.6. The van der Waals surface area contributed by atoms with Gasteiger partial charge in [-0.3, -0.25) is 4.79 Å². The molecular formula is C23H25F2N3O6. The Bertz CT molecular complexity index is 1050. The molecule has 2 heterocycles. The van der Waals surface area contributed by atoms with Gasteiger partial charge in [-0.15, -0.1) is 0 Å². The maximum atomic E-state index is 13.6. The van der Waals surface area contributed by atoms with Crippen LogP contribution in [0.4, 0.5) is 19.3 Å². The molecule has 0 saturated carbocycles. The molecule has 1 fully saturated rings. The van der Waals surface area contributed by atoms with Crippen LogP contribution in [-0.2, 0) is 4.74 Å². The zero-order valence-corrected chi connectivity index (χ0v) is 18.2. The van der Waals surface area contributed by atoms with E-state index in [2.05, 4.69) is 16.0 Å². The molecule has 0 unspecified atom stereocenters. The highest BCUT2D eigenvalue weighted by atomic mass is 19.1. The number of benzene rings is 2. The second-order valence-electron chi connectivity index (χ2n) is 8.00. The van der Waals surface area contributed by atoms with Crippen LogP contribution >= 0.6 is 0 Å². The highest BCUT2D eigenvalue weighted by Gasteiger charge is 2.32. The highest BCUT2D eigenvalue weighted by molar-refractivity contribution is 5.95. The summed E-state index contributed by atoms with van der Waals surface area (Å²) < 4.78 is 43.3. The Morgan fingerprint density at radius 2 is 1.88 bits per heavy atom. The Labute approximate surface area is 194 Å². The molecule has 4 N–H and O–H groups in total. The predicted octanol–water partition coefficient (Wildman–Crippen LogP) is 2.54. The number of hydrogen-bond acceptors (Lipinski definition) is 6. The zero-order chi connectivity index (χ0) is 24.1. The fourth-order valence-corrected chi connectivity index (χ4v) is 3.91. The van der Waals surface area contributed by atoms with E-state index in [-0.39, 0.29) is 43.7 Å². The van der Waals surface area contributed by atoms with Gasteiger partial charge in [-0.05, 0) is 49.6 Å². The molecule has 34 heavy (non-hydrogen) atoms. The molecule has 2 aliphatic rings. The van der Waals surface area contributed by atoms with Crippen LogP contribution in [0.15, 0.2) is 36.4 Å². The van der Waals surface area contributed by atoms with Crippen molar-refractivity contribution in [3.63, 3.8) is 0 Å². The molecule has 182 valence electrons. The summed E-state index contributed by atoms with van der Waals surface area (Å²) in [5.74, 6) is -0.638. The number of urea groups is 1. The van der Waals surface area contributed by atoms with E-state index in [1.807, 2.05) is 0 Å². The molecular weight excluding hydrogens is 452 g/mol. The molecule has 11 heteroatoms. The van der Waals surface area contributed by atoms with Crippen LogP contribution in [0.5, 0.6) is 11.5 Å². The smallest absolute Gasteiger partial charge is 0.319 e. The molecule has 3 atom stereocenters. The first kappa shape index (κ1) is 23.7. The number of hydrogen-bond donors (Lipinski definition) is 4. The molecule has 1 saturated heterocycles. The van der Waals surface area contributed by atoms with Gasteiger partial charge in [0.05, 0.1) is 24.4 Å². The van der Waals surface area contributed by atoms with Gasteiger partial charge in [-0.1, -0.05) is 0 Å². The number of halogens is 2. The second kappa shape index (κ2) is 10.7. The van der Waals surface area contributed by atoms with Crippen molar-refractivity contribution in [2.75, 3.05) is 25.3 Å². The maximum absolute atomic E-state index is 13.6. The number of carbonyl (C=O) groups is 2. The predicted molar refractivity (Wildman–Crippen MR) is 117 cm³/mol. The number of ether oxygens (including phenoxy) is 3. The number of nitrogens with one attached hydrogen (secondary N) is 3. The molecule has 0 radical (unpaired) electrons. The largest absolute Gasteiger partial charge is 0.454 e. The summed E-state index contributed by atoms with van der Waals surface area (Å²) in [5, 5.41) is 17.5. The third kappa shape index (κ3) is 5.72. The van der Waals surface area contributed by atoms with Crippen molar-refractivity contribution < 1.29 is 37.7 Å². The summed E-state index contributed by atoms with van der Waals surface area (Å²) >= 11 is 0. The number of aliphatic hydroxyl groups is 1. The molecule has 2 aliphatic heterocycles. The number of amides is 3. The second-order valence-corrected chi connectivity index (χ2v) is 8.00. The van der Waals surface area contributed by atoms with Gasteiger partial charge in [0, 0.05) is 18.2 Å². The monoisotopic (exact) mass is 477 g/mol. The molecule has 0 aliphatic carbocycles. The van der Waals surface area contributed by atoms with Crippen LogP contribution < -0.4 is 25.4 Å². The number of carbonyl (C=O) groups excluding carboxylic acids is 2. The van der Waals surface area contributed by atoms with Crippen molar-refractivity contribution in [3.05, 3.63) is 53.6 Å². The highest BCUT2D eigenvalue weighted by Crippen LogP contribution is 2.32. The van der Waals surface area contributed by atoms with Crippen molar-refractivity contribution >= 4 is 17.6 Å². The summed E-state index contributed by atoms with van der Waals surface area (Å²) in [6.45, 7) is 0.0538. The molecule has 3 amide bonds. The normalized spacial score (nSPS) is 21.1. The molecule has 0 bridgehead atoms. The molecule has 2 aromatic rings. The maximum Gasteiger partial charge on any atom is 0.319 e. The number of rotatable bonds is 7. The van der Waals surface area contributed by atoms with E-state index in [4.69, 9.17) is 14.2 Å². The van der Waals surface area contributed by atoms with Gasteiger partial charge in [-0.25, -0.2) is 13.6 Å². The van der Waals surface area contributed by atoms with Crippen molar-refractivity contribution in [1.29, 1.82) is 0 Å². The third-order valence-electron chi connectivity index (χ3n) is 5.68. The molecule has 2 aromatic carbocycles. The number of fused-ring (bicyclic) bond motifs is 1. The molecule has 4 rings (SSSR count). The summed E-state index contributed by atoms with van der Waals surface area (Å²) in [5.41, 5.74) is 0.154. The van der Waals surface area contributed by atoms with Crippen LogP contribution in [0.1, 0.15) is 29.6 Å². The summed E-state index contributed by atoms with van der Waals surface area (Å²) in [6.07, 6.45) is 0.768. The fourth-order valence-electron chi connectivity index (χ4n) is 3.91. The van der Waals surface area contributed by atoms with E-state index in [0.29, 0.717) is 36.3 Å². The van der Waals surface area contributed by atoms with Crippen LogP contribution in [0, 0.1) is 11.6 Å². The van der Waals surface area contributed by atoms with E-state index in [0.717, 1.165) is 18.2 Å². The minimum Gasteiger partial charge on any atom is -0.454 e. The molecule has 9 nitrogen and oxygen atoms in total. The average Bonchev–Trinajstić information content (AvgIpc) is 3.30. The lowest BCUT2D eigenvalue weighted by Crippen LogP contribution is -2.51. The Balaban J connectivity index is 1.23. The Morgan fingerprint density at radius 3 is 2.71 bits per heavy atom. The topological polar surface area (TPSA) is 118 Å². The van der Waals surface area contributed by atoms with Crippen LogP contribution in [0.3, 0.4) is 0 Å². The number of aliphatic hydroxyl groups excluding tert-OH is 1. The first-order valence-corrected chi connectivity index (χ1v) is 10.9. The lowest BCUT2D eigenvalue weighted by atomic mass is 9.96. The van der Waals surface area contributed by atoms with Crippen LogP contribution in [0.25, 0.3) is 0 Å². The van der Waals surface area contributed by atoms with Gasteiger partial charge < -0.3 is 35.3 Å². The van der Waals surface area contributed by atoms with Crippen molar-refractivity contribution in [2.24, 2.45) is 0 Å². The van der Waals surface area contributed by atoms with E-state index in [1.165, 1.54) is 0 Å². The standard InChI is InChI=1S/C23H25F2N3O6/c24-14-2-4-16(25)18(10-14)28-23(31)26-8-7-15-3-5-17(21(11-29)34-15)27-22(30)13-1-6-19-20(9-13)33-12-32-19/h1-2,4,6,9-10,15,17,21,29H,3,5,7-8,11-12H2,(H,27,30)(H2,26,28,31)/t15-,17-,21+/m0/s1. The van der Waals surface area contributed by atoms with Gasteiger partial charge in [0.25, 0.3) is 5.91 Å². The van der Waals surface area contributed by atoms with Gasteiger partial charge in [-0.2, -0.15) is 0 Å².